The first-order valence-electron chi connectivity index (χ1n) is 9.06. The second-order valence-corrected chi connectivity index (χ2v) is 7.43. The SMILES string of the molecule is CCOC(=O)N1CCc2c(sc(NC(=O)c3ccc([N+](=O)[O-])cc3)c2C(=O)OC)C1. The number of nitrogens with zero attached hydrogens (tertiary/aromatic N) is 2. The molecule has 0 radical (unpaired) electrons. The van der Waals surface area contributed by atoms with Crippen molar-refractivity contribution in [3.63, 3.8) is 0 Å². The lowest BCUT2D eigenvalue weighted by molar-refractivity contribution is -0.384. The van der Waals surface area contributed by atoms with Crippen molar-refractivity contribution in [2.24, 2.45) is 0 Å². The summed E-state index contributed by atoms with van der Waals surface area (Å²) in [5.41, 5.74) is 1.06. The lowest BCUT2D eigenvalue weighted by Crippen LogP contribution is -2.36. The van der Waals surface area contributed by atoms with Crippen molar-refractivity contribution in [3.05, 3.63) is 55.9 Å². The second kappa shape index (κ2) is 8.91. The molecule has 3 rings (SSSR count). The van der Waals surface area contributed by atoms with E-state index in [0.29, 0.717) is 18.0 Å². The summed E-state index contributed by atoms with van der Waals surface area (Å²) in [6.07, 6.45) is -0.0182. The molecule has 0 spiro atoms. The number of esters is 1. The van der Waals surface area contributed by atoms with Crippen molar-refractivity contribution in [1.29, 1.82) is 0 Å². The molecule has 11 heteroatoms. The highest BCUT2D eigenvalue weighted by atomic mass is 32.1. The number of benzene rings is 1. The van der Waals surface area contributed by atoms with Gasteiger partial charge >= 0.3 is 12.1 Å². The quantitative estimate of drug-likeness (QED) is 0.435. The van der Waals surface area contributed by atoms with Gasteiger partial charge in [-0.1, -0.05) is 0 Å². The van der Waals surface area contributed by atoms with Crippen LogP contribution in [0.4, 0.5) is 15.5 Å². The molecule has 0 saturated heterocycles. The summed E-state index contributed by atoms with van der Waals surface area (Å²) >= 11 is 1.19. The van der Waals surface area contributed by atoms with Gasteiger partial charge in [0.2, 0.25) is 0 Å². The fourth-order valence-corrected chi connectivity index (χ4v) is 4.34. The molecule has 1 aliphatic heterocycles. The van der Waals surface area contributed by atoms with Crippen molar-refractivity contribution < 1.29 is 28.8 Å². The molecule has 2 amide bonds. The van der Waals surface area contributed by atoms with Crippen LogP contribution in [0.2, 0.25) is 0 Å². The van der Waals surface area contributed by atoms with Crippen LogP contribution in [0.15, 0.2) is 24.3 Å². The highest BCUT2D eigenvalue weighted by Gasteiger charge is 2.31. The molecule has 0 bridgehead atoms. The molecule has 2 heterocycles. The van der Waals surface area contributed by atoms with Gasteiger partial charge in [-0.2, -0.15) is 0 Å². The number of hydrogen-bond donors (Lipinski definition) is 1. The van der Waals surface area contributed by atoms with E-state index in [4.69, 9.17) is 9.47 Å². The summed E-state index contributed by atoms with van der Waals surface area (Å²) in [5, 5.41) is 13.8. The van der Waals surface area contributed by atoms with Crippen LogP contribution in [-0.2, 0) is 22.4 Å². The molecule has 2 aromatic rings. The van der Waals surface area contributed by atoms with Crippen LogP contribution < -0.4 is 5.32 Å². The number of ether oxygens (including phenoxy) is 2. The molecule has 10 nitrogen and oxygen atoms in total. The first kappa shape index (κ1) is 21.2. The number of hydrogen-bond acceptors (Lipinski definition) is 8. The van der Waals surface area contributed by atoms with Gasteiger partial charge in [-0.25, -0.2) is 9.59 Å². The summed E-state index contributed by atoms with van der Waals surface area (Å²) in [7, 11) is 1.25. The summed E-state index contributed by atoms with van der Waals surface area (Å²) < 4.78 is 9.91. The Hall–Kier alpha value is -3.47. The molecule has 0 aliphatic carbocycles. The Morgan fingerprint density at radius 2 is 1.97 bits per heavy atom. The van der Waals surface area contributed by atoms with Crippen LogP contribution in [0, 0.1) is 10.1 Å². The number of rotatable bonds is 5. The van der Waals surface area contributed by atoms with Crippen LogP contribution in [0.25, 0.3) is 0 Å². The van der Waals surface area contributed by atoms with E-state index in [0.717, 1.165) is 10.4 Å². The van der Waals surface area contributed by atoms with E-state index in [2.05, 4.69) is 5.32 Å². The zero-order valence-electron chi connectivity index (χ0n) is 16.3. The highest BCUT2D eigenvalue weighted by Crippen LogP contribution is 2.38. The van der Waals surface area contributed by atoms with Crippen LogP contribution in [-0.4, -0.2) is 48.1 Å². The summed E-state index contributed by atoms with van der Waals surface area (Å²) in [5.74, 6) is -1.10. The van der Waals surface area contributed by atoms with Gasteiger partial charge in [0.25, 0.3) is 11.6 Å². The lowest BCUT2D eigenvalue weighted by Gasteiger charge is -2.26. The Morgan fingerprint density at radius 1 is 1.27 bits per heavy atom. The molecule has 1 aromatic carbocycles. The topological polar surface area (TPSA) is 128 Å². The predicted octanol–water partition coefficient (Wildman–Crippen LogP) is 3.21. The maximum Gasteiger partial charge on any atom is 0.410 e. The smallest absolute Gasteiger partial charge is 0.410 e. The Bertz CT molecular complexity index is 1000. The number of fused-ring (bicyclic) bond motifs is 1. The Kier molecular flexibility index (Phi) is 6.31. The maximum absolute atomic E-state index is 12.6. The third-order valence-corrected chi connectivity index (χ3v) is 5.67. The first-order valence-corrected chi connectivity index (χ1v) is 9.87. The number of thiophene rings is 1. The minimum absolute atomic E-state index is 0.132. The largest absolute Gasteiger partial charge is 0.465 e. The standard InChI is InChI=1S/C19H19N3O7S/c1-3-29-19(25)21-9-8-13-14(10-21)30-17(15(13)18(24)28-2)20-16(23)11-4-6-12(7-5-11)22(26)27/h4-7H,3,8-10H2,1-2H3,(H,20,23). The number of nitro groups is 1. The zero-order chi connectivity index (χ0) is 21.8. The fourth-order valence-electron chi connectivity index (χ4n) is 3.09. The normalized spacial score (nSPS) is 12.7. The second-order valence-electron chi connectivity index (χ2n) is 6.33. The van der Waals surface area contributed by atoms with Crippen LogP contribution in [0.1, 0.15) is 38.1 Å². The van der Waals surface area contributed by atoms with Crippen molar-refractivity contribution in [1.82, 2.24) is 4.90 Å². The number of nitrogens with one attached hydrogen (secondary N) is 1. The van der Waals surface area contributed by atoms with E-state index in [1.807, 2.05) is 0 Å². The Labute approximate surface area is 175 Å². The number of amides is 2. The van der Waals surface area contributed by atoms with E-state index in [1.54, 1.807) is 6.92 Å². The third-order valence-electron chi connectivity index (χ3n) is 4.54. The third kappa shape index (κ3) is 4.25. The van der Waals surface area contributed by atoms with Gasteiger partial charge in [0.15, 0.2) is 0 Å². The molecule has 1 aromatic heterocycles. The van der Waals surface area contributed by atoms with Crippen molar-refractivity contribution in [3.8, 4) is 0 Å². The average molecular weight is 433 g/mol. The molecule has 1 N–H and O–H groups in total. The van der Waals surface area contributed by atoms with Crippen LogP contribution in [0.5, 0.6) is 0 Å². The molecule has 1 aliphatic rings. The summed E-state index contributed by atoms with van der Waals surface area (Å²) in [6, 6.07) is 5.13. The van der Waals surface area contributed by atoms with Crippen molar-refractivity contribution in [2.75, 3.05) is 25.6 Å². The van der Waals surface area contributed by atoms with Crippen LogP contribution in [0.3, 0.4) is 0 Å². The van der Waals surface area contributed by atoms with E-state index < -0.39 is 22.9 Å². The number of anilines is 1. The number of non-ortho nitro benzene ring substituents is 1. The fraction of sp³-hybridized carbons (Fsp3) is 0.316. The number of carbonyl (C=O) groups excluding carboxylic acids is 3. The molecular formula is C19H19N3O7S. The average Bonchev–Trinajstić information content (AvgIpc) is 3.10. The molecule has 158 valence electrons. The maximum atomic E-state index is 12.6. The molecule has 30 heavy (non-hydrogen) atoms. The Morgan fingerprint density at radius 3 is 2.57 bits per heavy atom. The van der Waals surface area contributed by atoms with Crippen molar-refractivity contribution in [2.45, 2.75) is 19.9 Å². The molecule has 0 unspecified atom stereocenters. The van der Waals surface area contributed by atoms with Crippen LogP contribution >= 0.6 is 11.3 Å². The number of nitro benzene ring substituents is 1. The number of methoxy groups -OCH3 is 1. The molecule has 0 atom stereocenters. The van der Waals surface area contributed by atoms with E-state index >= 15 is 0 Å². The van der Waals surface area contributed by atoms with Gasteiger partial charge in [-0.15, -0.1) is 11.3 Å². The predicted molar refractivity (Wildman–Crippen MR) is 108 cm³/mol. The number of carbonyl (C=O) groups is 3. The Balaban J connectivity index is 1.87. The zero-order valence-corrected chi connectivity index (χ0v) is 17.1. The van der Waals surface area contributed by atoms with Gasteiger partial charge in [-0.3, -0.25) is 14.9 Å². The van der Waals surface area contributed by atoms with Crippen molar-refractivity contribution >= 4 is 40.0 Å². The van der Waals surface area contributed by atoms with E-state index in [1.165, 1.54) is 47.6 Å². The minimum Gasteiger partial charge on any atom is -0.465 e. The molecule has 0 fully saturated rings. The van der Waals surface area contributed by atoms with Gasteiger partial charge in [-0.05, 0) is 31.0 Å². The monoisotopic (exact) mass is 433 g/mol. The molecule has 0 saturated carbocycles. The first-order chi connectivity index (χ1) is 14.3. The van der Waals surface area contributed by atoms with Gasteiger partial charge in [0, 0.05) is 29.1 Å². The van der Waals surface area contributed by atoms with Gasteiger partial charge < -0.3 is 19.7 Å². The lowest BCUT2D eigenvalue weighted by atomic mass is 10.0. The van der Waals surface area contributed by atoms with Gasteiger partial charge in [0.1, 0.15) is 5.00 Å². The highest BCUT2D eigenvalue weighted by molar-refractivity contribution is 7.17. The van der Waals surface area contributed by atoms with E-state index in [9.17, 15) is 24.5 Å². The van der Waals surface area contributed by atoms with Gasteiger partial charge in [0.05, 0.1) is 30.7 Å². The minimum atomic E-state index is -0.587. The molecular weight excluding hydrogens is 414 g/mol. The summed E-state index contributed by atoms with van der Waals surface area (Å²) in [6.45, 7) is 2.62. The van der Waals surface area contributed by atoms with E-state index in [-0.39, 0.29) is 30.0 Å². The summed E-state index contributed by atoms with van der Waals surface area (Å²) in [4.78, 5) is 49.5.